The number of esters is 1. The monoisotopic (exact) mass is 332 g/mol. The third-order valence-electron chi connectivity index (χ3n) is 3.85. The zero-order valence-corrected chi connectivity index (χ0v) is 13.7. The molecule has 23 heavy (non-hydrogen) atoms. The number of carbonyl (C=O) groups is 2. The van der Waals surface area contributed by atoms with Crippen LogP contribution in [-0.2, 0) is 9.59 Å². The van der Waals surface area contributed by atoms with Crippen LogP contribution in [0.15, 0.2) is 24.3 Å². The molecule has 3 rings (SSSR count). The van der Waals surface area contributed by atoms with Gasteiger partial charge in [0.1, 0.15) is 5.75 Å². The highest BCUT2D eigenvalue weighted by molar-refractivity contribution is 6.18. The van der Waals surface area contributed by atoms with E-state index in [0.717, 1.165) is 28.6 Å². The van der Waals surface area contributed by atoms with Crippen LogP contribution in [0.5, 0.6) is 5.75 Å². The Morgan fingerprint density at radius 1 is 1.30 bits per heavy atom. The van der Waals surface area contributed by atoms with E-state index in [-0.39, 0.29) is 17.8 Å². The van der Waals surface area contributed by atoms with Crippen molar-refractivity contribution in [2.45, 2.75) is 19.8 Å². The van der Waals surface area contributed by atoms with Gasteiger partial charge in [-0.05, 0) is 29.1 Å². The van der Waals surface area contributed by atoms with E-state index in [1.54, 1.807) is 6.07 Å². The molecule has 6 heteroatoms. The molecule has 2 aromatic carbocycles. The van der Waals surface area contributed by atoms with E-state index < -0.39 is 0 Å². The van der Waals surface area contributed by atoms with E-state index in [9.17, 15) is 9.59 Å². The fourth-order valence-corrected chi connectivity index (χ4v) is 3.25. The number of carbonyl (C=O) groups excluding carboxylic acids is 2. The zero-order valence-electron chi connectivity index (χ0n) is 12.9. The van der Waals surface area contributed by atoms with Crippen LogP contribution in [-0.4, -0.2) is 24.3 Å². The molecule has 0 aromatic heterocycles. The van der Waals surface area contributed by atoms with Gasteiger partial charge in [-0.3, -0.25) is 9.59 Å². The molecule has 1 heterocycles. The number of fused-ring (bicyclic) bond motifs is 3. The highest BCUT2D eigenvalue weighted by atomic mass is 35.5. The predicted molar refractivity (Wildman–Crippen MR) is 91.5 cm³/mol. The number of nitrogens with one attached hydrogen (secondary N) is 2. The van der Waals surface area contributed by atoms with Crippen molar-refractivity contribution in [1.82, 2.24) is 0 Å². The van der Waals surface area contributed by atoms with Gasteiger partial charge < -0.3 is 15.4 Å². The Kier molecular flexibility index (Phi) is 4.13. The maximum Gasteiger partial charge on any atom is 0.308 e. The van der Waals surface area contributed by atoms with Crippen molar-refractivity contribution in [3.8, 4) is 5.75 Å². The molecule has 0 saturated carbocycles. The smallest absolute Gasteiger partial charge is 0.308 e. The van der Waals surface area contributed by atoms with E-state index in [0.29, 0.717) is 17.3 Å². The molecule has 2 aromatic rings. The fraction of sp³-hybridized carbons (Fsp3) is 0.294. The van der Waals surface area contributed by atoms with Crippen molar-refractivity contribution >= 4 is 45.6 Å². The maximum absolute atomic E-state index is 11.4. The first kappa shape index (κ1) is 15.6. The average Bonchev–Trinajstić information content (AvgIpc) is 2.89. The topological polar surface area (TPSA) is 67.4 Å². The van der Waals surface area contributed by atoms with Gasteiger partial charge in [-0.1, -0.05) is 0 Å². The Labute approximate surface area is 139 Å². The zero-order chi connectivity index (χ0) is 16.6. The van der Waals surface area contributed by atoms with Crippen LogP contribution >= 0.6 is 11.6 Å². The van der Waals surface area contributed by atoms with Crippen molar-refractivity contribution in [1.29, 1.82) is 0 Å². The molecule has 1 aliphatic heterocycles. The van der Waals surface area contributed by atoms with Gasteiger partial charge in [0.15, 0.2) is 0 Å². The summed E-state index contributed by atoms with van der Waals surface area (Å²) in [5.41, 5.74) is 2.71. The van der Waals surface area contributed by atoms with Crippen LogP contribution in [0.25, 0.3) is 10.8 Å². The molecule has 0 aliphatic carbocycles. The van der Waals surface area contributed by atoms with Crippen LogP contribution in [0.4, 0.5) is 11.4 Å². The van der Waals surface area contributed by atoms with Crippen LogP contribution in [0.3, 0.4) is 0 Å². The van der Waals surface area contributed by atoms with E-state index in [1.165, 1.54) is 13.8 Å². The van der Waals surface area contributed by atoms with Crippen LogP contribution < -0.4 is 15.4 Å². The van der Waals surface area contributed by atoms with Gasteiger partial charge in [0, 0.05) is 55.0 Å². The second-order valence-corrected chi connectivity index (χ2v) is 5.91. The number of benzene rings is 2. The van der Waals surface area contributed by atoms with Crippen molar-refractivity contribution in [3.05, 3.63) is 29.8 Å². The molecule has 1 atom stereocenters. The number of anilines is 2. The SMILES string of the molecule is CC(=O)Nc1ccc2c(OC(C)=O)cc3c(c2c1)C(CCl)CN3. The highest BCUT2D eigenvalue weighted by Gasteiger charge is 2.26. The number of halogens is 1. The summed E-state index contributed by atoms with van der Waals surface area (Å²) in [6, 6.07) is 7.38. The first-order valence-corrected chi connectivity index (χ1v) is 7.89. The molecule has 0 spiro atoms. The van der Waals surface area contributed by atoms with Crippen molar-refractivity contribution in [3.63, 3.8) is 0 Å². The Morgan fingerprint density at radius 3 is 2.74 bits per heavy atom. The van der Waals surface area contributed by atoms with Gasteiger partial charge in [0.2, 0.25) is 5.91 Å². The molecule has 0 radical (unpaired) electrons. The van der Waals surface area contributed by atoms with Crippen LogP contribution in [0.1, 0.15) is 25.3 Å². The molecular weight excluding hydrogens is 316 g/mol. The molecule has 0 bridgehead atoms. The normalized spacial score (nSPS) is 15.9. The Hall–Kier alpha value is -2.27. The van der Waals surface area contributed by atoms with Gasteiger partial charge in [-0.25, -0.2) is 0 Å². The van der Waals surface area contributed by atoms with Crippen LogP contribution in [0, 0.1) is 0 Å². The summed E-state index contributed by atoms with van der Waals surface area (Å²) < 4.78 is 5.34. The number of hydrogen-bond acceptors (Lipinski definition) is 4. The van der Waals surface area contributed by atoms with E-state index >= 15 is 0 Å². The third kappa shape index (κ3) is 2.97. The maximum atomic E-state index is 11.4. The lowest BCUT2D eigenvalue weighted by Crippen LogP contribution is -2.07. The molecule has 1 amide bonds. The predicted octanol–water partition coefficient (Wildman–Crippen LogP) is 3.47. The van der Waals surface area contributed by atoms with Gasteiger partial charge in [0.25, 0.3) is 0 Å². The summed E-state index contributed by atoms with van der Waals surface area (Å²) in [5.74, 6) is 0.663. The van der Waals surface area contributed by atoms with Crippen molar-refractivity contribution in [2.24, 2.45) is 0 Å². The molecule has 1 aliphatic rings. The molecule has 0 saturated heterocycles. The second-order valence-electron chi connectivity index (χ2n) is 5.60. The summed E-state index contributed by atoms with van der Waals surface area (Å²) in [7, 11) is 0. The Morgan fingerprint density at radius 2 is 2.09 bits per heavy atom. The minimum absolute atomic E-state index is 0.135. The average molecular weight is 333 g/mol. The fourth-order valence-electron chi connectivity index (χ4n) is 2.99. The van der Waals surface area contributed by atoms with E-state index in [1.807, 2.05) is 18.2 Å². The van der Waals surface area contributed by atoms with Gasteiger partial charge in [-0.15, -0.1) is 11.6 Å². The molecule has 0 fully saturated rings. The largest absolute Gasteiger partial charge is 0.426 e. The molecule has 2 N–H and O–H groups in total. The Bertz CT molecular complexity index is 804. The molecular formula is C17H17ClN2O3. The number of amides is 1. The van der Waals surface area contributed by atoms with E-state index in [2.05, 4.69) is 10.6 Å². The first-order valence-electron chi connectivity index (χ1n) is 7.36. The summed E-state index contributed by atoms with van der Waals surface area (Å²) >= 11 is 6.09. The summed E-state index contributed by atoms with van der Waals surface area (Å²) in [5, 5.41) is 7.84. The number of hydrogen-bond donors (Lipinski definition) is 2. The summed E-state index contributed by atoms with van der Waals surface area (Å²) in [4.78, 5) is 22.7. The molecule has 1 unspecified atom stereocenters. The minimum Gasteiger partial charge on any atom is -0.426 e. The second kappa shape index (κ2) is 6.08. The first-order chi connectivity index (χ1) is 11.0. The van der Waals surface area contributed by atoms with Crippen molar-refractivity contribution in [2.75, 3.05) is 23.1 Å². The lowest BCUT2D eigenvalue weighted by Gasteiger charge is -2.15. The van der Waals surface area contributed by atoms with Gasteiger partial charge in [-0.2, -0.15) is 0 Å². The number of rotatable bonds is 3. The van der Waals surface area contributed by atoms with Gasteiger partial charge >= 0.3 is 5.97 Å². The number of alkyl halides is 1. The van der Waals surface area contributed by atoms with Crippen molar-refractivity contribution < 1.29 is 14.3 Å². The standard InChI is InChI=1S/C17H17ClN2O3/c1-9(21)20-12-3-4-13-14(5-12)17-11(7-18)8-19-15(17)6-16(13)23-10(2)22/h3-6,11,19H,7-8H2,1-2H3,(H,20,21). The third-order valence-corrected chi connectivity index (χ3v) is 4.22. The summed E-state index contributed by atoms with van der Waals surface area (Å²) in [6.45, 7) is 3.58. The summed E-state index contributed by atoms with van der Waals surface area (Å²) in [6.07, 6.45) is 0. The lowest BCUT2D eigenvalue weighted by atomic mass is 9.95. The van der Waals surface area contributed by atoms with E-state index in [4.69, 9.17) is 16.3 Å². The van der Waals surface area contributed by atoms with Crippen LogP contribution in [0.2, 0.25) is 0 Å². The molecule has 120 valence electrons. The van der Waals surface area contributed by atoms with Gasteiger partial charge in [0.05, 0.1) is 0 Å². The highest BCUT2D eigenvalue weighted by Crippen LogP contribution is 2.43. The lowest BCUT2D eigenvalue weighted by molar-refractivity contribution is -0.131. The minimum atomic E-state index is -0.371. The molecule has 5 nitrogen and oxygen atoms in total. The number of ether oxygens (including phenoxy) is 1. The Balaban J connectivity index is 2.23. The quantitative estimate of drug-likeness (QED) is 0.513.